The van der Waals surface area contributed by atoms with Crippen LogP contribution in [-0.4, -0.2) is 36.0 Å². The average Bonchev–Trinajstić information content (AvgIpc) is 2.29. The van der Waals surface area contributed by atoms with E-state index in [2.05, 4.69) is 15.3 Å². The molecule has 0 atom stereocenters. The molecule has 0 aromatic carbocycles. The van der Waals surface area contributed by atoms with Crippen LogP contribution >= 0.6 is 11.6 Å². The molecule has 0 aliphatic heterocycles. The largest absolute Gasteiger partial charge is 0.358 e. The molecule has 1 N–H and O–H groups in total. The molecule has 0 aliphatic rings. The lowest BCUT2D eigenvalue weighted by molar-refractivity contribution is -0.119. The van der Waals surface area contributed by atoms with E-state index in [9.17, 15) is 4.79 Å². The monoisotopic (exact) mass is 242 g/mol. The fraction of sp³-hybridized carbons (Fsp3) is 0.500. The molecular weight excluding hydrogens is 228 g/mol. The maximum atomic E-state index is 11.3. The molecule has 0 fully saturated rings. The first kappa shape index (κ1) is 12.7. The molecule has 1 aromatic heterocycles. The van der Waals surface area contributed by atoms with E-state index >= 15 is 0 Å². The van der Waals surface area contributed by atoms with Gasteiger partial charge in [0.05, 0.1) is 6.54 Å². The Bertz CT molecular complexity index is 383. The van der Waals surface area contributed by atoms with Crippen molar-refractivity contribution in [3.8, 4) is 0 Å². The molecule has 0 saturated carbocycles. The van der Waals surface area contributed by atoms with E-state index in [0.717, 1.165) is 5.56 Å². The van der Waals surface area contributed by atoms with Gasteiger partial charge in [0.1, 0.15) is 5.82 Å². The minimum atomic E-state index is -0.0593. The van der Waals surface area contributed by atoms with Crippen LogP contribution in [0.1, 0.15) is 12.5 Å². The maximum Gasteiger partial charge on any atom is 0.239 e. The van der Waals surface area contributed by atoms with Gasteiger partial charge in [-0.05, 0) is 25.4 Å². The molecule has 1 rings (SSSR count). The number of hydrogen-bond acceptors (Lipinski definition) is 4. The lowest BCUT2D eigenvalue weighted by Gasteiger charge is -2.22. The molecule has 1 heterocycles. The van der Waals surface area contributed by atoms with E-state index in [1.165, 1.54) is 0 Å². The molecule has 1 amide bonds. The maximum absolute atomic E-state index is 11.3. The van der Waals surface area contributed by atoms with Crippen molar-refractivity contribution in [1.82, 2.24) is 15.3 Å². The Kier molecular flexibility index (Phi) is 4.49. The average molecular weight is 243 g/mol. The van der Waals surface area contributed by atoms with Crippen molar-refractivity contribution >= 4 is 23.3 Å². The lowest BCUT2D eigenvalue weighted by atomic mass is 10.3. The molecule has 88 valence electrons. The van der Waals surface area contributed by atoms with Gasteiger partial charge in [-0.1, -0.05) is 0 Å². The molecule has 0 unspecified atom stereocenters. The zero-order chi connectivity index (χ0) is 12.1. The Hall–Kier alpha value is -1.36. The highest BCUT2D eigenvalue weighted by molar-refractivity contribution is 6.28. The molecule has 1 aromatic rings. The van der Waals surface area contributed by atoms with Crippen molar-refractivity contribution in [1.29, 1.82) is 0 Å². The van der Waals surface area contributed by atoms with E-state index in [1.807, 2.05) is 18.7 Å². The summed E-state index contributed by atoms with van der Waals surface area (Å²) in [5.41, 5.74) is 0.898. The summed E-state index contributed by atoms with van der Waals surface area (Å²) in [6, 6.07) is 0. The number of halogens is 1. The Morgan fingerprint density at radius 2 is 2.31 bits per heavy atom. The van der Waals surface area contributed by atoms with Crippen molar-refractivity contribution in [2.45, 2.75) is 13.8 Å². The van der Waals surface area contributed by atoms with Gasteiger partial charge in [-0.15, -0.1) is 0 Å². The van der Waals surface area contributed by atoms with Gasteiger partial charge < -0.3 is 10.2 Å². The first-order valence-electron chi connectivity index (χ1n) is 5.03. The van der Waals surface area contributed by atoms with Crippen LogP contribution in [0.15, 0.2) is 6.20 Å². The quantitative estimate of drug-likeness (QED) is 0.801. The zero-order valence-corrected chi connectivity index (χ0v) is 10.4. The van der Waals surface area contributed by atoms with Crippen LogP contribution in [0.4, 0.5) is 5.82 Å². The first-order valence-corrected chi connectivity index (χ1v) is 5.41. The predicted molar refractivity (Wildman–Crippen MR) is 63.7 cm³/mol. The van der Waals surface area contributed by atoms with Crippen LogP contribution in [-0.2, 0) is 4.79 Å². The van der Waals surface area contributed by atoms with Gasteiger partial charge >= 0.3 is 0 Å². The summed E-state index contributed by atoms with van der Waals surface area (Å²) in [4.78, 5) is 21.2. The highest BCUT2D eigenvalue weighted by atomic mass is 35.5. The normalized spacial score (nSPS) is 10.0. The molecule has 0 aliphatic carbocycles. The van der Waals surface area contributed by atoms with Crippen molar-refractivity contribution in [3.63, 3.8) is 0 Å². The second-order valence-electron chi connectivity index (χ2n) is 3.33. The van der Waals surface area contributed by atoms with Crippen molar-refractivity contribution in [2.24, 2.45) is 0 Å². The fourth-order valence-electron chi connectivity index (χ4n) is 1.32. The third-order valence-corrected chi connectivity index (χ3v) is 2.39. The molecule has 16 heavy (non-hydrogen) atoms. The van der Waals surface area contributed by atoms with Crippen molar-refractivity contribution in [2.75, 3.05) is 25.0 Å². The van der Waals surface area contributed by atoms with Crippen LogP contribution in [0.25, 0.3) is 0 Å². The number of carbonyl (C=O) groups is 1. The van der Waals surface area contributed by atoms with Crippen LogP contribution in [0, 0.1) is 6.92 Å². The van der Waals surface area contributed by atoms with E-state index < -0.39 is 0 Å². The van der Waals surface area contributed by atoms with Crippen LogP contribution < -0.4 is 10.2 Å². The molecule has 0 saturated heterocycles. The smallest absolute Gasteiger partial charge is 0.239 e. The van der Waals surface area contributed by atoms with Gasteiger partial charge in [-0.2, -0.15) is 0 Å². The summed E-state index contributed by atoms with van der Waals surface area (Å²) >= 11 is 5.74. The number of hydrogen-bond donors (Lipinski definition) is 1. The topological polar surface area (TPSA) is 58.1 Å². The molecule has 0 radical (unpaired) electrons. The molecule has 6 heteroatoms. The summed E-state index contributed by atoms with van der Waals surface area (Å²) in [6.07, 6.45) is 1.65. The first-order chi connectivity index (χ1) is 7.58. The van der Waals surface area contributed by atoms with E-state index in [1.54, 1.807) is 13.2 Å². The van der Waals surface area contributed by atoms with Crippen LogP contribution in [0.3, 0.4) is 0 Å². The number of carbonyl (C=O) groups excluding carboxylic acids is 1. The molecular formula is C10H15ClN4O. The van der Waals surface area contributed by atoms with Gasteiger partial charge in [0.25, 0.3) is 0 Å². The van der Waals surface area contributed by atoms with E-state index in [4.69, 9.17) is 11.6 Å². The van der Waals surface area contributed by atoms with Crippen molar-refractivity contribution in [3.05, 3.63) is 17.0 Å². The molecule has 0 spiro atoms. The second-order valence-corrected chi connectivity index (χ2v) is 3.67. The number of nitrogens with zero attached hydrogens (tertiary/aromatic N) is 3. The van der Waals surface area contributed by atoms with Crippen LogP contribution in [0.2, 0.25) is 5.28 Å². The van der Waals surface area contributed by atoms with Gasteiger partial charge in [0.2, 0.25) is 11.2 Å². The molecule has 0 bridgehead atoms. The predicted octanol–water partition coefficient (Wildman–Crippen LogP) is 1.01. The SMILES string of the molecule is CCN(CC(=O)NC)c1nc(Cl)ncc1C. The summed E-state index contributed by atoms with van der Waals surface area (Å²) in [7, 11) is 1.61. The zero-order valence-electron chi connectivity index (χ0n) is 9.62. The van der Waals surface area contributed by atoms with E-state index in [0.29, 0.717) is 12.4 Å². The third kappa shape index (κ3) is 3.06. The van der Waals surface area contributed by atoms with Gasteiger partial charge in [0, 0.05) is 25.4 Å². The van der Waals surface area contributed by atoms with Gasteiger partial charge in [-0.3, -0.25) is 4.79 Å². The minimum absolute atomic E-state index is 0.0593. The Morgan fingerprint density at radius 1 is 1.62 bits per heavy atom. The fourth-order valence-corrected chi connectivity index (χ4v) is 1.45. The minimum Gasteiger partial charge on any atom is -0.358 e. The number of aryl methyl sites for hydroxylation is 1. The second kappa shape index (κ2) is 5.65. The lowest BCUT2D eigenvalue weighted by Crippen LogP contribution is -2.36. The van der Waals surface area contributed by atoms with Gasteiger partial charge in [0.15, 0.2) is 0 Å². The highest BCUT2D eigenvalue weighted by Crippen LogP contribution is 2.17. The number of aromatic nitrogens is 2. The van der Waals surface area contributed by atoms with Crippen molar-refractivity contribution < 1.29 is 4.79 Å². The Morgan fingerprint density at radius 3 is 2.88 bits per heavy atom. The number of amides is 1. The van der Waals surface area contributed by atoms with Crippen LogP contribution in [0.5, 0.6) is 0 Å². The molecule has 5 nitrogen and oxygen atoms in total. The highest BCUT2D eigenvalue weighted by Gasteiger charge is 2.13. The summed E-state index contributed by atoms with van der Waals surface area (Å²) in [6.45, 7) is 4.79. The number of anilines is 1. The number of rotatable bonds is 4. The number of nitrogens with one attached hydrogen (secondary N) is 1. The third-order valence-electron chi connectivity index (χ3n) is 2.21. The summed E-state index contributed by atoms with van der Waals surface area (Å²) in [5.74, 6) is 0.641. The standard InChI is InChI=1S/C10H15ClN4O/c1-4-15(6-8(16)12-3)9-7(2)5-13-10(11)14-9/h5H,4,6H2,1-3H3,(H,12,16). The Balaban J connectivity index is 2.94. The summed E-state index contributed by atoms with van der Waals surface area (Å²) < 4.78 is 0. The Labute approximate surface area is 99.8 Å². The number of likely N-dealkylation sites (N-methyl/N-ethyl adjacent to an activating group) is 2. The van der Waals surface area contributed by atoms with Gasteiger partial charge in [-0.25, -0.2) is 9.97 Å². The van der Waals surface area contributed by atoms with E-state index in [-0.39, 0.29) is 17.7 Å². The summed E-state index contributed by atoms with van der Waals surface area (Å²) in [5, 5.41) is 2.77.